The number of aliphatic carboxylic acids is 1. The SMILES string of the molecule is CC(C)(C)OC(=O)NCCCc1cn(CC(=O)[O-])nn1.[Li+]. The molecule has 1 amide bonds. The van der Waals surface area contributed by atoms with E-state index in [1.54, 1.807) is 27.0 Å². The molecular formula is C12H19LiN4O4. The summed E-state index contributed by atoms with van der Waals surface area (Å²) in [5, 5.41) is 20.5. The number of amides is 1. The molecule has 0 bridgehead atoms. The van der Waals surface area contributed by atoms with E-state index in [0.717, 1.165) is 0 Å². The normalized spacial score (nSPS) is 10.6. The zero-order chi connectivity index (χ0) is 15.2. The van der Waals surface area contributed by atoms with Crippen molar-refractivity contribution in [2.75, 3.05) is 6.54 Å². The van der Waals surface area contributed by atoms with Gasteiger partial charge in [0, 0.05) is 12.7 Å². The number of hydrogen-bond acceptors (Lipinski definition) is 6. The Labute approximate surface area is 135 Å². The molecule has 0 atom stereocenters. The Kier molecular flexibility index (Phi) is 8.06. The molecule has 1 N–H and O–H groups in total. The van der Waals surface area contributed by atoms with Crippen LogP contribution in [0.15, 0.2) is 6.20 Å². The maximum absolute atomic E-state index is 11.4. The third kappa shape index (κ3) is 9.10. The number of carbonyl (C=O) groups is 2. The fourth-order valence-electron chi connectivity index (χ4n) is 1.44. The Morgan fingerprint density at radius 1 is 1.43 bits per heavy atom. The zero-order valence-electron chi connectivity index (χ0n) is 12.9. The predicted molar refractivity (Wildman–Crippen MR) is 67.6 cm³/mol. The van der Waals surface area contributed by atoms with E-state index in [1.807, 2.05) is 0 Å². The molecule has 0 fully saturated rings. The van der Waals surface area contributed by atoms with Crippen LogP contribution in [-0.2, 0) is 22.5 Å². The molecule has 8 nitrogen and oxygen atoms in total. The van der Waals surface area contributed by atoms with Crippen molar-refractivity contribution in [2.45, 2.75) is 45.8 Å². The van der Waals surface area contributed by atoms with E-state index < -0.39 is 17.7 Å². The number of rotatable bonds is 6. The molecule has 0 radical (unpaired) electrons. The topological polar surface area (TPSA) is 109 Å². The fraction of sp³-hybridized carbons (Fsp3) is 0.667. The van der Waals surface area contributed by atoms with Gasteiger partial charge in [-0.1, -0.05) is 5.21 Å². The number of nitrogens with one attached hydrogen (secondary N) is 1. The number of nitrogens with zero attached hydrogens (tertiary/aromatic N) is 3. The first-order valence-electron chi connectivity index (χ1n) is 6.32. The third-order valence-corrected chi connectivity index (χ3v) is 2.16. The van der Waals surface area contributed by atoms with Gasteiger partial charge < -0.3 is 20.0 Å². The molecule has 1 aromatic heterocycles. The quantitative estimate of drug-likeness (QED) is 0.430. The van der Waals surface area contributed by atoms with Gasteiger partial charge in [-0.3, -0.25) is 0 Å². The number of carboxylic acid groups (broad SMARTS) is 1. The van der Waals surface area contributed by atoms with Crippen molar-refractivity contribution in [2.24, 2.45) is 0 Å². The Morgan fingerprint density at radius 2 is 2.10 bits per heavy atom. The summed E-state index contributed by atoms with van der Waals surface area (Å²) in [6.45, 7) is 5.51. The van der Waals surface area contributed by atoms with Crippen molar-refractivity contribution in [1.29, 1.82) is 0 Å². The number of carbonyl (C=O) groups excluding carboxylic acids is 2. The van der Waals surface area contributed by atoms with Crippen molar-refractivity contribution in [3.8, 4) is 0 Å². The van der Waals surface area contributed by atoms with Gasteiger partial charge in [-0.2, -0.15) is 0 Å². The second-order valence-corrected chi connectivity index (χ2v) is 5.31. The molecule has 0 aliphatic rings. The summed E-state index contributed by atoms with van der Waals surface area (Å²) in [5.41, 5.74) is 0.148. The summed E-state index contributed by atoms with van der Waals surface area (Å²) in [5.74, 6) is -1.21. The largest absolute Gasteiger partial charge is 1.00 e. The van der Waals surface area contributed by atoms with E-state index in [2.05, 4.69) is 15.6 Å². The molecule has 1 rings (SSSR count). The van der Waals surface area contributed by atoms with Crippen LogP contribution in [0, 0.1) is 0 Å². The van der Waals surface area contributed by atoms with Gasteiger partial charge in [0.25, 0.3) is 0 Å². The Morgan fingerprint density at radius 3 is 2.67 bits per heavy atom. The maximum atomic E-state index is 11.4. The van der Waals surface area contributed by atoms with Crippen molar-refractivity contribution in [3.05, 3.63) is 11.9 Å². The molecule has 0 aliphatic carbocycles. The fourth-order valence-corrected chi connectivity index (χ4v) is 1.44. The number of ether oxygens (including phenoxy) is 1. The van der Waals surface area contributed by atoms with Crippen molar-refractivity contribution in [3.63, 3.8) is 0 Å². The number of alkyl carbamates (subject to hydrolysis) is 1. The second kappa shape index (κ2) is 8.70. The molecular weight excluding hydrogens is 271 g/mol. The first-order valence-corrected chi connectivity index (χ1v) is 6.32. The molecule has 0 aliphatic heterocycles. The number of hydrogen-bond donors (Lipinski definition) is 1. The van der Waals surface area contributed by atoms with Crippen LogP contribution in [0.5, 0.6) is 0 Å². The predicted octanol–water partition coefficient (Wildman–Crippen LogP) is -3.51. The Bertz CT molecular complexity index is 470. The van der Waals surface area contributed by atoms with E-state index in [-0.39, 0.29) is 25.4 Å². The van der Waals surface area contributed by atoms with E-state index >= 15 is 0 Å². The van der Waals surface area contributed by atoms with E-state index in [1.165, 1.54) is 4.68 Å². The average Bonchev–Trinajstić information content (AvgIpc) is 2.68. The summed E-state index contributed by atoms with van der Waals surface area (Å²) < 4.78 is 6.28. The molecule has 0 saturated carbocycles. The van der Waals surface area contributed by atoms with E-state index in [9.17, 15) is 14.7 Å². The summed E-state index contributed by atoms with van der Waals surface area (Å²) in [6, 6.07) is 0. The van der Waals surface area contributed by atoms with Gasteiger partial charge in [0.05, 0.1) is 18.2 Å². The molecule has 0 spiro atoms. The second-order valence-electron chi connectivity index (χ2n) is 5.31. The molecule has 0 saturated heterocycles. The minimum Gasteiger partial charge on any atom is -0.548 e. The van der Waals surface area contributed by atoms with Crippen molar-refractivity contribution >= 4 is 12.1 Å². The van der Waals surface area contributed by atoms with Gasteiger partial charge in [-0.05, 0) is 33.6 Å². The molecule has 1 aromatic rings. The van der Waals surface area contributed by atoms with Gasteiger partial charge in [-0.15, -0.1) is 5.10 Å². The average molecular weight is 290 g/mol. The maximum Gasteiger partial charge on any atom is 1.00 e. The van der Waals surface area contributed by atoms with E-state index in [0.29, 0.717) is 25.1 Å². The summed E-state index contributed by atoms with van der Waals surface area (Å²) in [7, 11) is 0. The number of carboxylic acids is 1. The van der Waals surface area contributed by atoms with Crippen molar-refractivity contribution in [1.82, 2.24) is 20.3 Å². The summed E-state index contributed by atoms with van der Waals surface area (Å²) >= 11 is 0. The van der Waals surface area contributed by atoms with Crippen LogP contribution in [0.1, 0.15) is 32.9 Å². The van der Waals surface area contributed by atoms with Crippen LogP contribution in [0.4, 0.5) is 4.79 Å². The molecule has 0 aromatic carbocycles. The van der Waals surface area contributed by atoms with Gasteiger partial charge in [-0.25, -0.2) is 9.48 Å². The number of aryl methyl sites for hydroxylation is 1. The smallest absolute Gasteiger partial charge is 0.548 e. The summed E-state index contributed by atoms with van der Waals surface area (Å²) in [6.07, 6.45) is 2.33. The van der Waals surface area contributed by atoms with Crippen molar-refractivity contribution < 1.29 is 38.3 Å². The van der Waals surface area contributed by atoms with Crippen LogP contribution in [-0.4, -0.2) is 39.2 Å². The van der Waals surface area contributed by atoms with Gasteiger partial charge in [0.1, 0.15) is 5.60 Å². The first kappa shape index (κ1) is 19.5. The molecule has 21 heavy (non-hydrogen) atoms. The van der Waals surface area contributed by atoms with Gasteiger partial charge >= 0.3 is 25.0 Å². The monoisotopic (exact) mass is 290 g/mol. The number of aromatic nitrogens is 3. The first-order chi connectivity index (χ1) is 9.26. The van der Waals surface area contributed by atoms with Gasteiger partial charge in [0.15, 0.2) is 0 Å². The standard InChI is InChI=1S/C12H20N4O4.Li/c1-12(2,3)20-11(19)13-6-4-5-9-7-16(15-14-9)8-10(17)18;/h7H,4-6,8H2,1-3H3,(H,13,19)(H,17,18);/q;+1/p-1. The Balaban J connectivity index is 0.00000400. The van der Waals surface area contributed by atoms with E-state index in [4.69, 9.17) is 4.74 Å². The molecule has 112 valence electrons. The van der Waals surface area contributed by atoms with Crippen LogP contribution in [0.3, 0.4) is 0 Å². The third-order valence-electron chi connectivity index (χ3n) is 2.16. The minimum absolute atomic E-state index is 0. The van der Waals surface area contributed by atoms with Crippen LogP contribution < -0.4 is 29.3 Å². The zero-order valence-corrected chi connectivity index (χ0v) is 12.9. The molecule has 1 heterocycles. The van der Waals surface area contributed by atoms with Crippen LogP contribution in [0.2, 0.25) is 0 Å². The molecule has 9 heteroatoms. The molecule has 0 unspecified atom stereocenters. The Hall–Kier alpha value is -1.52. The van der Waals surface area contributed by atoms with Crippen LogP contribution >= 0.6 is 0 Å². The minimum atomic E-state index is -1.21. The summed E-state index contributed by atoms with van der Waals surface area (Å²) in [4.78, 5) is 21.7. The van der Waals surface area contributed by atoms with Crippen LogP contribution in [0.25, 0.3) is 0 Å². The van der Waals surface area contributed by atoms with Gasteiger partial charge in [0.2, 0.25) is 0 Å².